The van der Waals surface area contributed by atoms with Crippen molar-refractivity contribution in [3.63, 3.8) is 0 Å². The first-order valence-corrected chi connectivity index (χ1v) is 7.67. The molecule has 0 N–H and O–H groups in total. The smallest absolute Gasteiger partial charge is 0.230 e. The normalized spacial score (nSPS) is 12.2. The summed E-state index contributed by atoms with van der Waals surface area (Å²) in [5.41, 5.74) is 1.07. The van der Waals surface area contributed by atoms with Gasteiger partial charge in [-0.3, -0.25) is 4.79 Å². The topological polar surface area (TPSA) is 20.3 Å². The minimum atomic E-state index is -0.100. The van der Waals surface area contributed by atoms with Gasteiger partial charge in [0, 0.05) is 19.0 Å². The first-order valence-electron chi connectivity index (χ1n) is 7.14. The lowest BCUT2D eigenvalue weighted by molar-refractivity contribution is -0.133. The molecular weight excluding hydrogens is 258 g/mol. The number of carbonyl (C=O) groups is 1. The second-order valence-corrected chi connectivity index (χ2v) is 5.14. The van der Waals surface area contributed by atoms with Crippen molar-refractivity contribution >= 4 is 17.5 Å². The molecule has 0 aromatic heterocycles. The van der Waals surface area contributed by atoms with Crippen LogP contribution in [0.15, 0.2) is 30.3 Å². The Morgan fingerprint density at radius 3 is 2.21 bits per heavy atom. The number of amides is 1. The summed E-state index contributed by atoms with van der Waals surface area (Å²) >= 11 is 5.88. The van der Waals surface area contributed by atoms with E-state index in [2.05, 4.69) is 13.8 Å². The zero-order chi connectivity index (χ0) is 14.1. The summed E-state index contributed by atoms with van der Waals surface area (Å²) in [7, 11) is 0. The van der Waals surface area contributed by atoms with Gasteiger partial charge in [-0.2, -0.15) is 0 Å². The van der Waals surface area contributed by atoms with Gasteiger partial charge in [0.15, 0.2) is 0 Å². The van der Waals surface area contributed by atoms with Gasteiger partial charge in [-0.05, 0) is 24.8 Å². The van der Waals surface area contributed by atoms with Crippen LogP contribution in [-0.4, -0.2) is 29.8 Å². The van der Waals surface area contributed by atoms with Crippen molar-refractivity contribution in [2.24, 2.45) is 0 Å². The van der Waals surface area contributed by atoms with Crippen molar-refractivity contribution < 1.29 is 4.79 Å². The summed E-state index contributed by atoms with van der Waals surface area (Å²) in [5.74, 6) is 0.629. The van der Waals surface area contributed by atoms with Crippen molar-refractivity contribution in [2.75, 3.05) is 19.0 Å². The van der Waals surface area contributed by atoms with Crippen LogP contribution in [0, 0.1) is 0 Å². The molecule has 3 heteroatoms. The van der Waals surface area contributed by atoms with Gasteiger partial charge < -0.3 is 4.90 Å². The van der Waals surface area contributed by atoms with Crippen LogP contribution in [-0.2, 0) is 4.79 Å². The molecule has 0 fully saturated rings. The van der Waals surface area contributed by atoms with Gasteiger partial charge in [-0.15, -0.1) is 11.6 Å². The van der Waals surface area contributed by atoms with Crippen molar-refractivity contribution in [3.8, 4) is 0 Å². The predicted octanol–water partition coefficient (Wildman–Crippen LogP) is 4.05. The molecular formula is C16H24ClNO. The third kappa shape index (κ3) is 4.87. The van der Waals surface area contributed by atoms with Gasteiger partial charge in [0.05, 0.1) is 5.92 Å². The van der Waals surface area contributed by atoms with Crippen molar-refractivity contribution in [1.29, 1.82) is 0 Å². The van der Waals surface area contributed by atoms with E-state index in [1.165, 1.54) is 0 Å². The summed E-state index contributed by atoms with van der Waals surface area (Å²) in [4.78, 5) is 14.7. The standard InChI is InChI=1S/C16H24ClNO/c1-3-12-18(13-4-2)16(19)15(10-11-17)14-8-6-5-7-9-14/h5-9,15H,3-4,10-13H2,1-2H3. The molecule has 0 aliphatic carbocycles. The second-order valence-electron chi connectivity index (χ2n) is 4.77. The highest BCUT2D eigenvalue weighted by atomic mass is 35.5. The van der Waals surface area contributed by atoms with E-state index in [1.807, 2.05) is 35.2 Å². The molecule has 1 amide bonds. The average Bonchev–Trinajstić information content (AvgIpc) is 2.45. The molecule has 1 aromatic rings. The lowest BCUT2D eigenvalue weighted by Gasteiger charge is -2.27. The number of hydrogen-bond donors (Lipinski definition) is 0. The molecule has 2 nitrogen and oxygen atoms in total. The highest BCUT2D eigenvalue weighted by molar-refractivity contribution is 6.18. The maximum Gasteiger partial charge on any atom is 0.230 e. The van der Waals surface area contributed by atoms with E-state index in [0.717, 1.165) is 31.5 Å². The fourth-order valence-corrected chi connectivity index (χ4v) is 2.54. The Balaban J connectivity index is 2.87. The summed E-state index contributed by atoms with van der Waals surface area (Å²) in [5, 5.41) is 0. The van der Waals surface area contributed by atoms with E-state index in [-0.39, 0.29) is 11.8 Å². The third-order valence-corrected chi connectivity index (χ3v) is 3.41. The molecule has 106 valence electrons. The molecule has 0 bridgehead atoms. The minimum absolute atomic E-state index is 0.100. The van der Waals surface area contributed by atoms with Gasteiger partial charge in [0.25, 0.3) is 0 Å². The Morgan fingerprint density at radius 1 is 1.16 bits per heavy atom. The van der Waals surface area contributed by atoms with Crippen molar-refractivity contribution in [3.05, 3.63) is 35.9 Å². The molecule has 1 atom stereocenters. The SMILES string of the molecule is CCCN(CCC)C(=O)C(CCCl)c1ccccc1. The van der Waals surface area contributed by atoms with Gasteiger partial charge >= 0.3 is 0 Å². The number of rotatable bonds is 8. The maximum atomic E-state index is 12.7. The molecule has 19 heavy (non-hydrogen) atoms. The number of hydrogen-bond acceptors (Lipinski definition) is 1. The number of halogens is 1. The van der Waals surface area contributed by atoms with Gasteiger partial charge in [0.1, 0.15) is 0 Å². The molecule has 0 radical (unpaired) electrons. The number of nitrogens with zero attached hydrogens (tertiary/aromatic N) is 1. The monoisotopic (exact) mass is 281 g/mol. The van der Waals surface area contributed by atoms with Crippen LogP contribution < -0.4 is 0 Å². The summed E-state index contributed by atoms with van der Waals surface area (Å²) in [6, 6.07) is 9.97. The highest BCUT2D eigenvalue weighted by Gasteiger charge is 2.24. The zero-order valence-corrected chi connectivity index (χ0v) is 12.7. The molecule has 0 aliphatic heterocycles. The fraction of sp³-hybridized carbons (Fsp3) is 0.562. The van der Waals surface area contributed by atoms with E-state index >= 15 is 0 Å². The molecule has 1 rings (SSSR count). The Hall–Kier alpha value is -1.02. The lowest BCUT2D eigenvalue weighted by atomic mass is 9.94. The van der Waals surface area contributed by atoms with Gasteiger partial charge in [-0.1, -0.05) is 44.2 Å². The quantitative estimate of drug-likeness (QED) is 0.659. The van der Waals surface area contributed by atoms with Crippen LogP contribution in [0.4, 0.5) is 0 Å². The Morgan fingerprint density at radius 2 is 1.74 bits per heavy atom. The average molecular weight is 282 g/mol. The van der Waals surface area contributed by atoms with Crippen LogP contribution in [0.3, 0.4) is 0 Å². The molecule has 0 aliphatic rings. The van der Waals surface area contributed by atoms with E-state index in [4.69, 9.17) is 11.6 Å². The van der Waals surface area contributed by atoms with Crippen LogP contribution in [0.2, 0.25) is 0 Å². The summed E-state index contributed by atoms with van der Waals surface area (Å²) < 4.78 is 0. The first kappa shape index (κ1) is 16.0. The zero-order valence-electron chi connectivity index (χ0n) is 11.9. The van der Waals surface area contributed by atoms with E-state index in [1.54, 1.807) is 0 Å². The van der Waals surface area contributed by atoms with Crippen molar-refractivity contribution in [1.82, 2.24) is 4.90 Å². The van der Waals surface area contributed by atoms with E-state index in [0.29, 0.717) is 12.3 Å². The van der Waals surface area contributed by atoms with E-state index < -0.39 is 0 Å². The van der Waals surface area contributed by atoms with Crippen LogP contribution in [0.1, 0.15) is 44.6 Å². The number of benzene rings is 1. The number of carbonyl (C=O) groups excluding carboxylic acids is 1. The maximum absolute atomic E-state index is 12.7. The Bertz CT molecular complexity index is 360. The van der Waals surface area contributed by atoms with E-state index in [9.17, 15) is 4.79 Å². The Labute approximate surface area is 121 Å². The fourth-order valence-electron chi connectivity index (χ4n) is 2.32. The second kappa shape index (κ2) is 8.98. The van der Waals surface area contributed by atoms with Crippen molar-refractivity contribution in [2.45, 2.75) is 39.0 Å². The van der Waals surface area contributed by atoms with Crippen LogP contribution in [0.25, 0.3) is 0 Å². The summed E-state index contributed by atoms with van der Waals surface area (Å²) in [6.07, 6.45) is 2.69. The summed E-state index contributed by atoms with van der Waals surface area (Å²) in [6.45, 7) is 5.88. The largest absolute Gasteiger partial charge is 0.342 e. The molecule has 0 saturated carbocycles. The third-order valence-electron chi connectivity index (χ3n) is 3.20. The van der Waals surface area contributed by atoms with Gasteiger partial charge in [-0.25, -0.2) is 0 Å². The predicted molar refractivity (Wildman–Crippen MR) is 81.7 cm³/mol. The first-order chi connectivity index (χ1) is 9.24. The lowest BCUT2D eigenvalue weighted by Crippen LogP contribution is -2.36. The van der Waals surface area contributed by atoms with Gasteiger partial charge in [0.2, 0.25) is 5.91 Å². The minimum Gasteiger partial charge on any atom is -0.342 e. The molecule has 0 heterocycles. The number of alkyl halides is 1. The highest BCUT2D eigenvalue weighted by Crippen LogP contribution is 2.23. The Kier molecular flexibility index (Phi) is 7.57. The van der Waals surface area contributed by atoms with Crippen LogP contribution in [0.5, 0.6) is 0 Å². The molecule has 1 aromatic carbocycles. The molecule has 1 unspecified atom stereocenters. The molecule has 0 saturated heterocycles. The van der Waals surface area contributed by atoms with Crippen LogP contribution >= 0.6 is 11.6 Å². The molecule has 0 spiro atoms.